The van der Waals surface area contributed by atoms with Gasteiger partial charge in [0, 0.05) is 28.4 Å². The van der Waals surface area contributed by atoms with Crippen molar-refractivity contribution >= 4 is 23.2 Å². The van der Waals surface area contributed by atoms with Crippen molar-refractivity contribution in [3.05, 3.63) is 34.5 Å². The number of carbonyl (C=O) groups is 2. The van der Waals surface area contributed by atoms with E-state index >= 15 is 0 Å². The highest BCUT2D eigenvalue weighted by Gasteiger charge is 2.14. The molecule has 0 aromatic carbocycles. The van der Waals surface area contributed by atoms with Crippen LogP contribution in [0, 0.1) is 0 Å². The number of nitrogens with zero attached hydrogens (tertiary/aromatic N) is 1. The van der Waals surface area contributed by atoms with Crippen LogP contribution in [0.15, 0.2) is 18.3 Å². The molecule has 7 heteroatoms. The predicted molar refractivity (Wildman–Crippen MR) is 122 cm³/mol. The van der Waals surface area contributed by atoms with Crippen molar-refractivity contribution in [1.29, 1.82) is 0 Å². The number of primary amides is 1. The number of aryl methyl sites for hydroxylation is 2. The zero-order valence-corrected chi connectivity index (χ0v) is 19.7. The number of amides is 1. The van der Waals surface area contributed by atoms with Crippen molar-refractivity contribution in [1.82, 2.24) is 4.98 Å². The fourth-order valence-corrected chi connectivity index (χ4v) is 4.13. The molecule has 0 aliphatic rings. The summed E-state index contributed by atoms with van der Waals surface area (Å²) >= 11 is 1.74. The zero-order valence-electron chi connectivity index (χ0n) is 18.9. The Morgan fingerprint density at radius 1 is 1.17 bits per heavy atom. The molecular formula is C23H34N2O4S. The van der Waals surface area contributed by atoms with E-state index in [0.717, 1.165) is 29.7 Å². The third-order valence-corrected chi connectivity index (χ3v) is 5.29. The lowest BCUT2D eigenvalue weighted by atomic mass is 10.1. The van der Waals surface area contributed by atoms with Crippen LogP contribution in [0.3, 0.4) is 0 Å². The van der Waals surface area contributed by atoms with E-state index in [0.29, 0.717) is 0 Å². The number of esters is 1. The number of nitrogens with two attached hydrogens (primary N) is 1. The third kappa shape index (κ3) is 8.53. The summed E-state index contributed by atoms with van der Waals surface area (Å²) in [5.74, 6) is -1.10. The summed E-state index contributed by atoms with van der Waals surface area (Å²) in [5, 5.41) is 9.89. The maximum atomic E-state index is 11.1. The van der Waals surface area contributed by atoms with Gasteiger partial charge < -0.3 is 15.6 Å². The van der Waals surface area contributed by atoms with Crippen molar-refractivity contribution < 1.29 is 19.4 Å². The van der Waals surface area contributed by atoms with Crippen molar-refractivity contribution in [2.75, 3.05) is 0 Å². The van der Waals surface area contributed by atoms with E-state index in [1.165, 1.54) is 30.2 Å². The summed E-state index contributed by atoms with van der Waals surface area (Å²) in [6, 6.07) is 3.75. The van der Waals surface area contributed by atoms with Gasteiger partial charge in [-0.2, -0.15) is 0 Å². The Morgan fingerprint density at radius 3 is 2.27 bits per heavy atom. The Hall–Kier alpha value is -2.41. The Morgan fingerprint density at radius 2 is 1.83 bits per heavy atom. The molecule has 3 N–H and O–H groups in total. The van der Waals surface area contributed by atoms with Gasteiger partial charge in [0.15, 0.2) is 5.69 Å². The SMILES string of the molecule is CC(=O)OC(C)(C)C.CCCCc1cc(-c2cnc(C(N)=O)c(O)c2)sc1CCC. The first-order valence-electron chi connectivity index (χ1n) is 10.3. The number of aromatic nitrogens is 1. The average molecular weight is 435 g/mol. The van der Waals surface area contributed by atoms with Crippen LogP contribution in [-0.4, -0.2) is 27.6 Å². The van der Waals surface area contributed by atoms with Crippen LogP contribution < -0.4 is 5.73 Å². The molecule has 0 unspecified atom stereocenters. The van der Waals surface area contributed by atoms with E-state index < -0.39 is 5.91 Å². The molecule has 2 aromatic heterocycles. The molecule has 0 radical (unpaired) electrons. The lowest BCUT2D eigenvalue weighted by molar-refractivity contribution is -0.151. The van der Waals surface area contributed by atoms with Gasteiger partial charge in [0.25, 0.3) is 5.91 Å². The summed E-state index contributed by atoms with van der Waals surface area (Å²) in [7, 11) is 0. The molecule has 0 aliphatic heterocycles. The standard InChI is InChI=1S/C17H22N2O2S.C6H12O2/c1-3-5-7-11-9-15(22-14(11)6-4-2)12-8-13(20)16(17(18)21)19-10-12;1-5(7)8-6(2,3)4/h8-10,20H,3-7H2,1-2H3,(H2,18,21);1-4H3. The van der Waals surface area contributed by atoms with Gasteiger partial charge in [-0.3, -0.25) is 9.59 Å². The Labute approximate surface area is 183 Å². The topological polar surface area (TPSA) is 103 Å². The molecule has 30 heavy (non-hydrogen) atoms. The van der Waals surface area contributed by atoms with Crippen LogP contribution in [0.4, 0.5) is 0 Å². The summed E-state index contributed by atoms with van der Waals surface area (Å²) in [6.07, 6.45) is 7.22. The van der Waals surface area contributed by atoms with Gasteiger partial charge in [-0.25, -0.2) is 4.98 Å². The molecule has 2 aromatic rings. The first kappa shape index (κ1) is 25.6. The van der Waals surface area contributed by atoms with Gasteiger partial charge in [-0.05, 0) is 57.7 Å². The highest BCUT2D eigenvalue weighted by molar-refractivity contribution is 7.15. The monoisotopic (exact) mass is 434 g/mol. The molecule has 0 saturated carbocycles. The van der Waals surface area contributed by atoms with Gasteiger partial charge in [-0.15, -0.1) is 11.3 Å². The minimum absolute atomic E-state index is 0.0831. The van der Waals surface area contributed by atoms with Crippen molar-refractivity contribution in [3.8, 4) is 16.2 Å². The normalized spacial score (nSPS) is 10.9. The predicted octanol–water partition coefficient (Wildman–Crippen LogP) is 5.26. The molecule has 6 nitrogen and oxygen atoms in total. The maximum absolute atomic E-state index is 11.1. The average Bonchev–Trinajstić information content (AvgIpc) is 3.01. The van der Waals surface area contributed by atoms with Crippen LogP contribution in [0.1, 0.15) is 81.7 Å². The fraction of sp³-hybridized carbons (Fsp3) is 0.522. The minimum atomic E-state index is -0.717. The fourth-order valence-electron chi connectivity index (χ4n) is 2.84. The Balaban J connectivity index is 0.000000479. The summed E-state index contributed by atoms with van der Waals surface area (Å²) < 4.78 is 4.80. The molecule has 2 rings (SSSR count). The lowest BCUT2D eigenvalue weighted by Gasteiger charge is -2.17. The molecule has 0 bridgehead atoms. The first-order valence-corrected chi connectivity index (χ1v) is 11.1. The van der Waals surface area contributed by atoms with Crippen LogP contribution in [0.5, 0.6) is 5.75 Å². The van der Waals surface area contributed by atoms with Gasteiger partial charge in [0.05, 0.1) is 0 Å². The van der Waals surface area contributed by atoms with E-state index in [9.17, 15) is 14.7 Å². The van der Waals surface area contributed by atoms with Crippen LogP contribution in [-0.2, 0) is 22.4 Å². The molecule has 0 spiro atoms. The number of pyridine rings is 1. The summed E-state index contributed by atoms with van der Waals surface area (Å²) in [4.78, 5) is 27.8. The highest BCUT2D eigenvalue weighted by Crippen LogP contribution is 2.34. The molecule has 0 saturated heterocycles. The van der Waals surface area contributed by atoms with Gasteiger partial charge >= 0.3 is 5.97 Å². The largest absolute Gasteiger partial charge is 0.505 e. The van der Waals surface area contributed by atoms with E-state index in [2.05, 4.69) is 24.9 Å². The number of rotatable bonds is 7. The van der Waals surface area contributed by atoms with Crippen LogP contribution in [0.25, 0.3) is 10.4 Å². The second-order valence-corrected chi connectivity index (χ2v) is 9.21. The van der Waals surface area contributed by atoms with Gasteiger partial charge in [-0.1, -0.05) is 26.7 Å². The number of aromatic hydroxyl groups is 1. The Kier molecular flexibility index (Phi) is 9.99. The molecule has 166 valence electrons. The van der Waals surface area contributed by atoms with E-state index in [1.807, 2.05) is 20.8 Å². The van der Waals surface area contributed by atoms with E-state index in [1.54, 1.807) is 23.6 Å². The van der Waals surface area contributed by atoms with Crippen molar-refractivity contribution in [3.63, 3.8) is 0 Å². The van der Waals surface area contributed by atoms with Gasteiger partial charge in [0.2, 0.25) is 0 Å². The smallest absolute Gasteiger partial charge is 0.303 e. The molecule has 0 atom stereocenters. The lowest BCUT2D eigenvalue weighted by Crippen LogP contribution is -2.21. The first-order chi connectivity index (χ1) is 14.0. The van der Waals surface area contributed by atoms with Crippen LogP contribution in [0.2, 0.25) is 0 Å². The number of ether oxygens (including phenoxy) is 1. The molecular weight excluding hydrogens is 400 g/mol. The number of carbonyl (C=O) groups excluding carboxylic acids is 2. The third-order valence-electron chi connectivity index (χ3n) is 4.01. The second kappa shape index (κ2) is 11.7. The van der Waals surface area contributed by atoms with Gasteiger partial charge in [0.1, 0.15) is 11.4 Å². The summed E-state index contributed by atoms with van der Waals surface area (Å²) in [5.41, 5.74) is 6.97. The van der Waals surface area contributed by atoms with Crippen LogP contribution >= 0.6 is 11.3 Å². The number of hydrogen-bond donors (Lipinski definition) is 2. The minimum Gasteiger partial charge on any atom is -0.505 e. The molecule has 1 amide bonds. The summed E-state index contributed by atoms with van der Waals surface area (Å²) in [6.45, 7) is 11.3. The van der Waals surface area contributed by atoms with Crippen molar-refractivity contribution in [2.24, 2.45) is 5.73 Å². The molecule has 2 heterocycles. The molecule has 0 aliphatic carbocycles. The van der Waals surface area contributed by atoms with E-state index in [-0.39, 0.29) is 23.0 Å². The number of unbranched alkanes of at least 4 members (excludes halogenated alkanes) is 1. The number of hydrogen-bond acceptors (Lipinski definition) is 6. The van der Waals surface area contributed by atoms with Crippen molar-refractivity contribution in [2.45, 2.75) is 79.2 Å². The number of thiophene rings is 1. The Bertz CT molecular complexity index is 853. The van der Waals surface area contributed by atoms with E-state index in [4.69, 9.17) is 10.5 Å². The zero-order chi connectivity index (χ0) is 22.9. The maximum Gasteiger partial charge on any atom is 0.303 e. The second-order valence-electron chi connectivity index (χ2n) is 8.07. The quantitative estimate of drug-likeness (QED) is 0.579. The highest BCUT2D eigenvalue weighted by atomic mass is 32.1. The molecule has 0 fully saturated rings.